The van der Waals surface area contributed by atoms with E-state index in [0.29, 0.717) is 45.8 Å². The number of carbonyl (C=O) groups is 1. The van der Waals surface area contributed by atoms with Crippen LogP contribution in [0.3, 0.4) is 0 Å². The number of amides is 1. The van der Waals surface area contributed by atoms with Gasteiger partial charge in [0, 0.05) is 52.4 Å². The summed E-state index contributed by atoms with van der Waals surface area (Å²) in [7, 11) is -7.36. The van der Waals surface area contributed by atoms with E-state index in [-0.39, 0.29) is 15.7 Å². The molecular formula is C21H34N4O5S2. The second-order valence-corrected chi connectivity index (χ2v) is 12.1. The molecule has 9 nitrogen and oxygen atoms in total. The second-order valence-electron chi connectivity index (χ2n) is 8.18. The molecule has 32 heavy (non-hydrogen) atoms. The Kier molecular flexibility index (Phi) is 8.31. The molecule has 0 atom stereocenters. The fourth-order valence-electron chi connectivity index (χ4n) is 4.21. The van der Waals surface area contributed by atoms with Crippen molar-refractivity contribution in [2.24, 2.45) is 0 Å². The van der Waals surface area contributed by atoms with Gasteiger partial charge in [-0.1, -0.05) is 13.8 Å². The van der Waals surface area contributed by atoms with Crippen molar-refractivity contribution in [3.63, 3.8) is 0 Å². The minimum absolute atomic E-state index is 0.0776. The van der Waals surface area contributed by atoms with Gasteiger partial charge in [0.15, 0.2) is 0 Å². The molecule has 2 fully saturated rings. The molecular weight excluding hydrogens is 452 g/mol. The largest absolute Gasteiger partial charge is 0.342 e. The Morgan fingerprint density at radius 2 is 1.34 bits per heavy atom. The van der Waals surface area contributed by atoms with E-state index in [4.69, 9.17) is 0 Å². The summed E-state index contributed by atoms with van der Waals surface area (Å²) in [5, 5.41) is 0. The summed E-state index contributed by atoms with van der Waals surface area (Å²) in [6, 6.07) is 5.43. The number of piperazine rings is 1. The van der Waals surface area contributed by atoms with Gasteiger partial charge in [0.1, 0.15) is 0 Å². The van der Waals surface area contributed by atoms with E-state index in [9.17, 15) is 21.6 Å². The molecule has 1 amide bonds. The van der Waals surface area contributed by atoms with Crippen LogP contribution in [0, 0.1) is 0 Å². The third-order valence-electron chi connectivity index (χ3n) is 6.20. The van der Waals surface area contributed by atoms with Gasteiger partial charge >= 0.3 is 0 Å². The number of likely N-dealkylation sites (tertiary alicyclic amines) is 1. The number of piperidine rings is 1. The van der Waals surface area contributed by atoms with Crippen LogP contribution in [-0.4, -0.2) is 100 Å². The highest BCUT2D eigenvalue weighted by Crippen LogP contribution is 2.22. The van der Waals surface area contributed by atoms with Gasteiger partial charge in [0.05, 0.1) is 16.3 Å². The van der Waals surface area contributed by atoms with E-state index in [1.807, 2.05) is 9.80 Å². The Morgan fingerprint density at radius 3 is 1.88 bits per heavy atom. The zero-order valence-electron chi connectivity index (χ0n) is 18.9. The Hall–Kier alpha value is -1.53. The molecule has 1 aromatic rings. The lowest BCUT2D eigenvalue weighted by Gasteiger charge is -2.35. The van der Waals surface area contributed by atoms with Gasteiger partial charge in [-0.05, 0) is 43.5 Å². The summed E-state index contributed by atoms with van der Waals surface area (Å²) in [6.45, 7) is 7.77. The fraction of sp³-hybridized carbons (Fsp3) is 0.667. The number of sulfonamides is 2. The first-order valence-electron chi connectivity index (χ1n) is 11.3. The summed E-state index contributed by atoms with van der Waals surface area (Å²) in [5.41, 5.74) is 0. The average molecular weight is 487 g/mol. The van der Waals surface area contributed by atoms with Crippen molar-refractivity contribution in [1.29, 1.82) is 0 Å². The van der Waals surface area contributed by atoms with Crippen molar-refractivity contribution in [3.8, 4) is 0 Å². The van der Waals surface area contributed by atoms with Crippen LogP contribution in [0.2, 0.25) is 0 Å². The Morgan fingerprint density at radius 1 is 0.812 bits per heavy atom. The van der Waals surface area contributed by atoms with Gasteiger partial charge in [0.25, 0.3) is 0 Å². The van der Waals surface area contributed by atoms with Crippen LogP contribution < -0.4 is 0 Å². The van der Waals surface area contributed by atoms with Gasteiger partial charge in [-0.2, -0.15) is 8.61 Å². The van der Waals surface area contributed by atoms with Crippen molar-refractivity contribution in [1.82, 2.24) is 18.4 Å². The van der Waals surface area contributed by atoms with Crippen molar-refractivity contribution < 1.29 is 21.6 Å². The molecule has 0 radical (unpaired) electrons. The highest BCUT2D eigenvalue weighted by Gasteiger charge is 2.30. The van der Waals surface area contributed by atoms with Gasteiger partial charge in [0.2, 0.25) is 26.0 Å². The molecule has 0 aliphatic carbocycles. The summed E-state index contributed by atoms with van der Waals surface area (Å²) < 4.78 is 54.1. The van der Waals surface area contributed by atoms with Crippen molar-refractivity contribution >= 4 is 26.0 Å². The first-order chi connectivity index (χ1) is 15.2. The maximum absolute atomic E-state index is 13.0. The lowest BCUT2D eigenvalue weighted by Crippen LogP contribution is -2.51. The van der Waals surface area contributed by atoms with Crippen molar-refractivity contribution in [2.45, 2.75) is 42.9 Å². The minimum atomic E-state index is -3.73. The lowest BCUT2D eigenvalue weighted by atomic mass is 10.1. The monoisotopic (exact) mass is 486 g/mol. The number of hydrogen-bond donors (Lipinski definition) is 0. The summed E-state index contributed by atoms with van der Waals surface area (Å²) in [6.07, 6.45) is 3.27. The predicted molar refractivity (Wildman–Crippen MR) is 122 cm³/mol. The molecule has 2 aliphatic rings. The number of hydrogen-bond acceptors (Lipinski definition) is 6. The standard InChI is InChI=1S/C21H34N4O5S2/c1-3-24(4-2)31(27,28)19-8-10-20(11-9-19)32(29,30)25-16-14-22(15-17-25)18-21(26)23-12-6-5-7-13-23/h8-11H,3-7,12-18H2,1-2H3. The second kappa shape index (κ2) is 10.6. The Bertz CT molecular complexity index is 978. The molecule has 2 saturated heterocycles. The first kappa shape index (κ1) is 25.1. The SMILES string of the molecule is CCN(CC)S(=O)(=O)c1ccc(S(=O)(=O)N2CCN(CC(=O)N3CCCCC3)CC2)cc1. The summed E-state index contributed by atoms with van der Waals surface area (Å²) >= 11 is 0. The van der Waals surface area contributed by atoms with Crippen LogP contribution in [0.15, 0.2) is 34.1 Å². The molecule has 0 unspecified atom stereocenters. The third kappa shape index (κ3) is 5.51. The normalized spacial score (nSPS) is 19.4. The highest BCUT2D eigenvalue weighted by molar-refractivity contribution is 7.89. The van der Waals surface area contributed by atoms with Crippen LogP contribution in [0.1, 0.15) is 33.1 Å². The van der Waals surface area contributed by atoms with Gasteiger partial charge < -0.3 is 4.90 Å². The molecule has 180 valence electrons. The highest BCUT2D eigenvalue weighted by atomic mass is 32.2. The molecule has 0 aromatic heterocycles. The number of rotatable bonds is 8. The summed E-state index contributed by atoms with van der Waals surface area (Å²) in [4.78, 5) is 16.5. The number of benzene rings is 1. The Balaban J connectivity index is 1.61. The van der Waals surface area contributed by atoms with Crippen LogP contribution >= 0.6 is 0 Å². The number of nitrogens with zero attached hydrogens (tertiary/aromatic N) is 4. The molecule has 11 heteroatoms. The van der Waals surface area contributed by atoms with Crippen LogP contribution in [0.4, 0.5) is 0 Å². The van der Waals surface area contributed by atoms with Crippen molar-refractivity contribution in [3.05, 3.63) is 24.3 Å². The average Bonchev–Trinajstić information content (AvgIpc) is 2.80. The maximum atomic E-state index is 13.0. The zero-order valence-corrected chi connectivity index (χ0v) is 20.6. The van der Waals surface area contributed by atoms with E-state index in [2.05, 4.69) is 0 Å². The quantitative estimate of drug-likeness (QED) is 0.545. The smallest absolute Gasteiger partial charge is 0.243 e. The molecule has 2 aliphatic heterocycles. The number of carbonyl (C=O) groups excluding carboxylic acids is 1. The van der Waals surface area contributed by atoms with Gasteiger partial charge in [-0.3, -0.25) is 9.69 Å². The van der Waals surface area contributed by atoms with Gasteiger partial charge in [-0.25, -0.2) is 16.8 Å². The molecule has 1 aromatic carbocycles. The fourth-order valence-corrected chi connectivity index (χ4v) is 7.09. The molecule has 0 saturated carbocycles. The molecule has 0 bridgehead atoms. The lowest BCUT2D eigenvalue weighted by molar-refractivity contribution is -0.133. The molecule has 3 rings (SSSR count). The summed E-state index contributed by atoms with van der Waals surface area (Å²) in [5.74, 6) is 0.117. The van der Waals surface area contributed by atoms with E-state index < -0.39 is 20.0 Å². The van der Waals surface area contributed by atoms with Gasteiger partial charge in [-0.15, -0.1) is 0 Å². The van der Waals surface area contributed by atoms with Crippen molar-refractivity contribution in [2.75, 3.05) is 58.9 Å². The Labute approximate surface area is 192 Å². The van der Waals surface area contributed by atoms with E-state index in [1.54, 1.807) is 13.8 Å². The maximum Gasteiger partial charge on any atom is 0.243 e. The molecule has 0 N–H and O–H groups in total. The minimum Gasteiger partial charge on any atom is -0.342 e. The zero-order chi connectivity index (χ0) is 23.4. The van der Waals surface area contributed by atoms with Crippen LogP contribution in [-0.2, 0) is 24.8 Å². The predicted octanol–water partition coefficient (Wildman–Crippen LogP) is 1.04. The van der Waals surface area contributed by atoms with E-state index in [1.165, 1.54) is 39.3 Å². The van der Waals surface area contributed by atoms with E-state index >= 15 is 0 Å². The van der Waals surface area contributed by atoms with Crippen LogP contribution in [0.25, 0.3) is 0 Å². The third-order valence-corrected chi connectivity index (χ3v) is 10.2. The molecule has 0 spiro atoms. The first-order valence-corrected chi connectivity index (χ1v) is 14.2. The van der Waals surface area contributed by atoms with E-state index in [0.717, 1.165) is 25.9 Å². The van der Waals surface area contributed by atoms with Crippen LogP contribution in [0.5, 0.6) is 0 Å². The topological polar surface area (TPSA) is 98.3 Å². The molecule has 2 heterocycles.